The van der Waals surface area contributed by atoms with E-state index in [9.17, 15) is 14.4 Å². The molecule has 1 fully saturated rings. The van der Waals surface area contributed by atoms with Crippen LogP contribution in [0.4, 0.5) is 10.5 Å². The molecule has 0 aliphatic carbocycles. The Morgan fingerprint density at radius 1 is 1.21 bits per heavy atom. The van der Waals surface area contributed by atoms with Gasteiger partial charge in [-0.1, -0.05) is 30.3 Å². The number of amides is 4. The van der Waals surface area contributed by atoms with Gasteiger partial charge in [-0.05, 0) is 30.7 Å². The second kappa shape index (κ2) is 8.02. The summed E-state index contributed by atoms with van der Waals surface area (Å²) in [6, 6.07) is 15.1. The van der Waals surface area contributed by atoms with Crippen LogP contribution in [0.2, 0.25) is 0 Å². The molecule has 0 saturated carbocycles. The fraction of sp³-hybridized carbons (Fsp3) is 0.238. The Kier molecular flexibility index (Phi) is 5.50. The Labute approximate surface area is 168 Å². The van der Waals surface area contributed by atoms with E-state index < -0.39 is 29.9 Å². The third-order valence-corrected chi connectivity index (χ3v) is 4.71. The van der Waals surface area contributed by atoms with Crippen LogP contribution in [0.1, 0.15) is 18.1 Å². The normalized spacial score (nSPS) is 18.2. The molecule has 0 radical (unpaired) electrons. The average Bonchev–Trinajstić information content (AvgIpc) is 2.91. The number of carbonyl (C=O) groups excluding carboxylic acids is 3. The van der Waals surface area contributed by atoms with Gasteiger partial charge < -0.3 is 15.4 Å². The maximum absolute atomic E-state index is 12.9. The van der Waals surface area contributed by atoms with Crippen molar-refractivity contribution in [1.29, 1.82) is 5.26 Å². The van der Waals surface area contributed by atoms with Gasteiger partial charge >= 0.3 is 6.03 Å². The maximum Gasteiger partial charge on any atom is 0.325 e. The van der Waals surface area contributed by atoms with Crippen molar-refractivity contribution in [2.24, 2.45) is 0 Å². The van der Waals surface area contributed by atoms with E-state index in [0.29, 0.717) is 17.0 Å². The van der Waals surface area contributed by atoms with Crippen LogP contribution in [-0.2, 0) is 16.0 Å². The zero-order valence-corrected chi connectivity index (χ0v) is 16.1. The molecule has 0 spiro atoms. The number of benzene rings is 2. The van der Waals surface area contributed by atoms with Crippen LogP contribution in [0.15, 0.2) is 48.5 Å². The van der Waals surface area contributed by atoms with E-state index in [-0.39, 0.29) is 6.42 Å². The number of imide groups is 1. The van der Waals surface area contributed by atoms with Crippen molar-refractivity contribution in [2.45, 2.75) is 18.9 Å². The summed E-state index contributed by atoms with van der Waals surface area (Å²) in [5.74, 6) is -0.463. The number of methoxy groups -OCH3 is 1. The van der Waals surface area contributed by atoms with Crippen LogP contribution < -0.4 is 15.4 Å². The van der Waals surface area contributed by atoms with Gasteiger partial charge in [0.2, 0.25) is 5.91 Å². The van der Waals surface area contributed by atoms with E-state index in [2.05, 4.69) is 10.6 Å². The highest BCUT2D eigenvalue weighted by molar-refractivity contribution is 6.10. The average molecular weight is 392 g/mol. The van der Waals surface area contributed by atoms with Crippen LogP contribution in [0, 0.1) is 11.3 Å². The zero-order chi connectivity index (χ0) is 21.0. The summed E-state index contributed by atoms with van der Waals surface area (Å²) in [5.41, 5.74) is 0.180. The van der Waals surface area contributed by atoms with Gasteiger partial charge in [0.25, 0.3) is 5.91 Å². The lowest BCUT2D eigenvalue weighted by Gasteiger charge is -2.22. The molecule has 0 bridgehead atoms. The number of anilines is 1. The Morgan fingerprint density at radius 2 is 1.90 bits per heavy atom. The van der Waals surface area contributed by atoms with Crippen LogP contribution in [0.5, 0.6) is 5.75 Å². The molecule has 1 saturated heterocycles. The first-order valence-corrected chi connectivity index (χ1v) is 8.93. The van der Waals surface area contributed by atoms with Crippen LogP contribution in [0.3, 0.4) is 0 Å². The smallest absolute Gasteiger partial charge is 0.325 e. The fourth-order valence-corrected chi connectivity index (χ4v) is 3.26. The fourth-order valence-electron chi connectivity index (χ4n) is 3.26. The molecule has 3 rings (SSSR count). The van der Waals surface area contributed by atoms with E-state index in [0.717, 1.165) is 10.5 Å². The highest BCUT2D eigenvalue weighted by Gasteiger charge is 2.48. The number of hydrogen-bond acceptors (Lipinski definition) is 5. The van der Waals surface area contributed by atoms with Gasteiger partial charge in [-0.15, -0.1) is 0 Å². The second-order valence-corrected chi connectivity index (χ2v) is 6.85. The highest BCUT2D eigenvalue weighted by Crippen LogP contribution is 2.27. The molecule has 1 atom stereocenters. The minimum Gasteiger partial charge on any atom is -0.496 e. The lowest BCUT2D eigenvalue weighted by Crippen LogP contribution is -2.46. The second-order valence-electron chi connectivity index (χ2n) is 6.85. The number of nitrogens with zero attached hydrogens (tertiary/aromatic N) is 2. The number of ether oxygens (including phenoxy) is 1. The molecule has 1 heterocycles. The van der Waals surface area contributed by atoms with Crippen molar-refractivity contribution < 1.29 is 19.1 Å². The first kappa shape index (κ1) is 19.9. The van der Waals surface area contributed by atoms with Crippen molar-refractivity contribution in [3.05, 3.63) is 59.7 Å². The van der Waals surface area contributed by atoms with Crippen molar-refractivity contribution in [3.8, 4) is 11.8 Å². The first-order valence-electron chi connectivity index (χ1n) is 8.93. The van der Waals surface area contributed by atoms with E-state index in [1.54, 1.807) is 37.3 Å². The number of nitriles is 1. The van der Waals surface area contributed by atoms with Crippen LogP contribution in [0.25, 0.3) is 0 Å². The molecule has 2 aromatic rings. The van der Waals surface area contributed by atoms with E-state index >= 15 is 0 Å². The van der Waals surface area contributed by atoms with Gasteiger partial charge in [-0.3, -0.25) is 14.5 Å². The summed E-state index contributed by atoms with van der Waals surface area (Å²) in [6.45, 7) is 1.16. The largest absolute Gasteiger partial charge is 0.496 e. The topological polar surface area (TPSA) is 112 Å². The van der Waals surface area contributed by atoms with Gasteiger partial charge in [0, 0.05) is 6.42 Å². The van der Waals surface area contributed by atoms with Crippen LogP contribution >= 0.6 is 0 Å². The Morgan fingerprint density at radius 3 is 2.62 bits per heavy atom. The molecule has 148 valence electrons. The quantitative estimate of drug-likeness (QED) is 0.731. The number of para-hydroxylation sites is 2. The summed E-state index contributed by atoms with van der Waals surface area (Å²) in [6.07, 6.45) is 0.219. The molecule has 2 aromatic carbocycles. The molecule has 4 amide bonds. The zero-order valence-electron chi connectivity index (χ0n) is 16.1. The van der Waals surface area contributed by atoms with Gasteiger partial charge in [0.05, 0.1) is 18.4 Å². The monoisotopic (exact) mass is 392 g/mol. The molecule has 0 aromatic heterocycles. The SMILES string of the molecule is COc1ccccc1C[C@@]1(C)NC(=O)N(CC(=O)Nc2ccccc2C#N)C1=O. The lowest BCUT2D eigenvalue weighted by atomic mass is 9.92. The van der Waals surface area contributed by atoms with Gasteiger partial charge in [-0.25, -0.2) is 4.79 Å². The molecule has 8 heteroatoms. The number of nitrogens with one attached hydrogen (secondary N) is 2. The predicted octanol–water partition coefficient (Wildman–Crippen LogP) is 2.06. The third kappa shape index (κ3) is 4.04. The van der Waals surface area contributed by atoms with Crippen LogP contribution in [-0.4, -0.2) is 41.9 Å². The Hall–Kier alpha value is -3.86. The summed E-state index contributed by atoms with van der Waals surface area (Å²) < 4.78 is 5.31. The van der Waals surface area contributed by atoms with E-state index in [4.69, 9.17) is 10.00 Å². The molecule has 8 nitrogen and oxygen atoms in total. The molecular weight excluding hydrogens is 372 g/mol. The van der Waals surface area contributed by atoms with E-state index in [1.165, 1.54) is 7.11 Å². The van der Waals surface area contributed by atoms with Gasteiger partial charge in [0.15, 0.2) is 0 Å². The first-order chi connectivity index (χ1) is 13.9. The Bertz CT molecular complexity index is 1010. The summed E-state index contributed by atoms with van der Waals surface area (Å²) in [5, 5.41) is 14.4. The summed E-state index contributed by atoms with van der Waals surface area (Å²) in [4.78, 5) is 38.6. The minimum absolute atomic E-state index is 0.219. The molecule has 29 heavy (non-hydrogen) atoms. The Balaban J connectivity index is 1.73. The lowest BCUT2D eigenvalue weighted by molar-refractivity contribution is -0.133. The number of urea groups is 1. The molecule has 1 aliphatic heterocycles. The number of carbonyl (C=O) groups is 3. The molecular formula is C21H20N4O4. The molecule has 1 aliphatic rings. The standard InChI is InChI=1S/C21H20N4O4/c1-21(11-14-7-4-6-10-17(14)29-2)19(27)25(20(28)24-21)13-18(26)23-16-9-5-3-8-15(16)12-22/h3-10H,11,13H2,1-2H3,(H,23,26)(H,24,28)/t21-/m1/s1. The van der Waals surface area contributed by atoms with Gasteiger partial charge in [-0.2, -0.15) is 5.26 Å². The molecule has 2 N–H and O–H groups in total. The van der Waals surface area contributed by atoms with Crippen molar-refractivity contribution in [1.82, 2.24) is 10.2 Å². The number of hydrogen-bond donors (Lipinski definition) is 2. The van der Waals surface area contributed by atoms with Crippen molar-refractivity contribution in [2.75, 3.05) is 19.0 Å². The predicted molar refractivity (Wildman–Crippen MR) is 105 cm³/mol. The van der Waals surface area contributed by atoms with E-state index in [1.807, 2.05) is 24.3 Å². The summed E-state index contributed by atoms with van der Waals surface area (Å²) in [7, 11) is 1.53. The van der Waals surface area contributed by atoms with Crippen molar-refractivity contribution >= 4 is 23.5 Å². The summed E-state index contributed by atoms with van der Waals surface area (Å²) >= 11 is 0. The maximum atomic E-state index is 12.9. The highest BCUT2D eigenvalue weighted by atomic mass is 16.5. The van der Waals surface area contributed by atoms with Gasteiger partial charge in [0.1, 0.15) is 23.9 Å². The number of rotatable bonds is 6. The molecule has 0 unspecified atom stereocenters. The minimum atomic E-state index is -1.20. The third-order valence-electron chi connectivity index (χ3n) is 4.71. The van der Waals surface area contributed by atoms with Crippen molar-refractivity contribution in [3.63, 3.8) is 0 Å².